The lowest BCUT2D eigenvalue weighted by Gasteiger charge is -2.30. The van der Waals surface area contributed by atoms with E-state index in [1.807, 2.05) is 51.1 Å². The normalized spacial score (nSPS) is 18.6. The lowest BCUT2D eigenvalue weighted by Crippen LogP contribution is -2.42. The van der Waals surface area contributed by atoms with Gasteiger partial charge >= 0.3 is 0 Å². The van der Waals surface area contributed by atoms with Crippen molar-refractivity contribution in [3.05, 3.63) is 65.9 Å². The Hall–Kier alpha value is -1.80. The molecule has 3 aromatic rings. The Morgan fingerprint density at radius 3 is 2.41 bits per heavy atom. The van der Waals surface area contributed by atoms with Crippen LogP contribution in [-0.2, 0) is 27.8 Å². The first-order chi connectivity index (χ1) is 13.7. The quantitative estimate of drug-likeness (QED) is 0.626. The molecule has 1 aliphatic carbocycles. The summed E-state index contributed by atoms with van der Waals surface area (Å²) in [6, 6.07) is 16.0. The van der Waals surface area contributed by atoms with E-state index in [4.69, 9.17) is 0 Å². The van der Waals surface area contributed by atoms with Crippen molar-refractivity contribution in [3.8, 4) is 0 Å². The maximum Gasteiger partial charge on any atom is 0.268 e. The maximum atomic E-state index is 13.6. The van der Waals surface area contributed by atoms with Crippen LogP contribution < -0.4 is 4.72 Å². The SMILES string of the molecule is CC(C)(C)[S+]([O-])N[C@H]1CCCc2c1c1ccccc1n2S(=O)(=O)c1ccccc1. The molecule has 1 N–H and O–H groups in total. The molecule has 0 spiro atoms. The fourth-order valence-corrected chi connectivity index (χ4v) is 6.39. The molecule has 5 nitrogen and oxygen atoms in total. The molecule has 4 rings (SSSR count). The highest BCUT2D eigenvalue weighted by Crippen LogP contribution is 2.40. The molecule has 0 fully saturated rings. The van der Waals surface area contributed by atoms with Crippen molar-refractivity contribution in [2.45, 2.75) is 55.7 Å². The van der Waals surface area contributed by atoms with E-state index in [-0.39, 0.29) is 10.9 Å². The van der Waals surface area contributed by atoms with Gasteiger partial charge in [-0.25, -0.2) is 12.4 Å². The fourth-order valence-electron chi connectivity index (χ4n) is 3.93. The zero-order valence-electron chi connectivity index (χ0n) is 16.9. The van der Waals surface area contributed by atoms with Crippen molar-refractivity contribution < 1.29 is 13.0 Å². The Labute approximate surface area is 175 Å². The van der Waals surface area contributed by atoms with Gasteiger partial charge in [0.15, 0.2) is 0 Å². The van der Waals surface area contributed by atoms with Gasteiger partial charge in [-0.2, -0.15) is 0 Å². The summed E-state index contributed by atoms with van der Waals surface area (Å²) in [4.78, 5) is 0.275. The van der Waals surface area contributed by atoms with Gasteiger partial charge in [0.1, 0.15) is 4.75 Å². The number of hydrogen-bond donors (Lipinski definition) is 1. The van der Waals surface area contributed by atoms with E-state index in [1.54, 1.807) is 24.3 Å². The van der Waals surface area contributed by atoms with E-state index in [2.05, 4.69) is 4.72 Å². The minimum atomic E-state index is -3.73. The predicted octanol–water partition coefficient (Wildman–Crippen LogP) is 4.31. The van der Waals surface area contributed by atoms with E-state index in [1.165, 1.54) is 3.97 Å². The summed E-state index contributed by atoms with van der Waals surface area (Å²) < 4.78 is 44.3. The third-order valence-corrected chi connectivity index (χ3v) is 8.69. The van der Waals surface area contributed by atoms with Gasteiger partial charge in [0.05, 0.1) is 16.5 Å². The number of fused-ring (bicyclic) bond motifs is 3. The minimum Gasteiger partial charge on any atom is -0.598 e. The Morgan fingerprint density at radius 1 is 1.07 bits per heavy atom. The smallest absolute Gasteiger partial charge is 0.268 e. The molecule has 0 saturated heterocycles. The molecule has 1 aromatic heterocycles. The van der Waals surface area contributed by atoms with Crippen molar-refractivity contribution in [2.24, 2.45) is 0 Å². The number of nitrogens with one attached hydrogen (secondary N) is 1. The second kappa shape index (κ2) is 7.47. The van der Waals surface area contributed by atoms with E-state index in [9.17, 15) is 13.0 Å². The van der Waals surface area contributed by atoms with Gasteiger partial charge in [-0.15, -0.1) is 4.72 Å². The van der Waals surface area contributed by atoms with E-state index in [0.717, 1.165) is 29.5 Å². The molecule has 1 aliphatic rings. The average Bonchev–Trinajstić information content (AvgIpc) is 3.04. The molecule has 2 atom stereocenters. The number of para-hydroxylation sites is 1. The molecular weight excluding hydrogens is 404 g/mol. The molecule has 0 bridgehead atoms. The van der Waals surface area contributed by atoms with Crippen molar-refractivity contribution in [1.29, 1.82) is 0 Å². The number of hydrogen-bond acceptors (Lipinski definition) is 4. The first kappa shape index (κ1) is 20.5. The third kappa shape index (κ3) is 3.61. The van der Waals surface area contributed by atoms with Crippen molar-refractivity contribution >= 4 is 32.3 Å². The molecule has 29 heavy (non-hydrogen) atoms. The molecule has 0 saturated carbocycles. The van der Waals surface area contributed by atoms with Gasteiger partial charge in [-0.05, 0) is 58.2 Å². The number of benzene rings is 2. The van der Waals surface area contributed by atoms with Crippen LogP contribution >= 0.6 is 0 Å². The first-order valence-electron chi connectivity index (χ1n) is 9.82. The molecule has 1 heterocycles. The number of aromatic nitrogens is 1. The van der Waals surface area contributed by atoms with Gasteiger partial charge in [-0.3, -0.25) is 0 Å². The topological polar surface area (TPSA) is 74.2 Å². The third-order valence-electron chi connectivity index (χ3n) is 5.31. The molecular formula is C22H26N2O3S2. The predicted molar refractivity (Wildman–Crippen MR) is 118 cm³/mol. The summed E-state index contributed by atoms with van der Waals surface area (Å²) in [5, 5.41) is 0.908. The lowest BCUT2D eigenvalue weighted by atomic mass is 9.91. The molecule has 0 amide bonds. The average molecular weight is 431 g/mol. The molecule has 7 heteroatoms. The molecule has 154 valence electrons. The highest BCUT2D eigenvalue weighted by atomic mass is 32.2. The summed E-state index contributed by atoms with van der Waals surface area (Å²) in [6.45, 7) is 5.80. The summed E-state index contributed by atoms with van der Waals surface area (Å²) in [5.41, 5.74) is 2.44. The van der Waals surface area contributed by atoms with Crippen molar-refractivity contribution in [3.63, 3.8) is 0 Å². The van der Waals surface area contributed by atoms with Gasteiger partial charge in [0.25, 0.3) is 10.0 Å². The minimum absolute atomic E-state index is 0.143. The first-order valence-corrected chi connectivity index (χ1v) is 12.4. The number of nitrogens with zero attached hydrogens (tertiary/aromatic N) is 1. The Kier molecular flexibility index (Phi) is 5.27. The van der Waals surface area contributed by atoms with E-state index < -0.39 is 26.1 Å². The van der Waals surface area contributed by atoms with Crippen molar-refractivity contribution in [1.82, 2.24) is 8.69 Å². The maximum absolute atomic E-state index is 13.6. The van der Waals surface area contributed by atoms with Crippen LogP contribution in [0.15, 0.2) is 59.5 Å². The zero-order valence-corrected chi connectivity index (χ0v) is 18.5. The largest absolute Gasteiger partial charge is 0.598 e. The Morgan fingerprint density at radius 2 is 1.72 bits per heavy atom. The second-order valence-corrected chi connectivity index (χ2v) is 12.2. The summed E-state index contributed by atoms with van der Waals surface area (Å²) >= 11 is -1.24. The highest BCUT2D eigenvalue weighted by molar-refractivity contribution is 7.91. The van der Waals surface area contributed by atoms with Crippen LogP contribution in [0.3, 0.4) is 0 Å². The fraction of sp³-hybridized carbons (Fsp3) is 0.364. The highest BCUT2D eigenvalue weighted by Gasteiger charge is 2.36. The van der Waals surface area contributed by atoms with Gasteiger partial charge in [0, 0.05) is 28.0 Å². The Bertz CT molecular complexity index is 1130. The monoisotopic (exact) mass is 430 g/mol. The van der Waals surface area contributed by atoms with Crippen LogP contribution in [0, 0.1) is 0 Å². The van der Waals surface area contributed by atoms with Crippen LogP contribution in [0.4, 0.5) is 0 Å². The van der Waals surface area contributed by atoms with Crippen LogP contribution in [-0.4, -0.2) is 21.7 Å². The Balaban J connectivity index is 1.91. The van der Waals surface area contributed by atoms with E-state index >= 15 is 0 Å². The van der Waals surface area contributed by atoms with Crippen LogP contribution in [0.25, 0.3) is 10.9 Å². The van der Waals surface area contributed by atoms with Crippen LogP contribution in [0.5, 0.6) is 0 Å². The van der Waals surface area contributed by atoms with Gasteiger partial charge in [0.2, 0.25) is 0 Å². The zero-order chi connectivity index (χ0) is 20.8. The molecule has 2 aromatic carbocycles. The standard InChI is InChI=1S/C22H26N2O3S2/c1-22(2,3)28(25)23-18-13-9-15-20-21(18)17-12-7-8-14-19(17)24(20)29(26,27)16-10-5-4-6-11-16/h4-8,10-12,14,18,23H,9,13,15H2,1-3H3/t18-,28?/m0/s1. The molecule has 0 aliphatic heterocycles. The van der Waals surface area contributed by atoms with Gasteiger partial charge in [-0.1, -0.05) is 36.4 Å². The van der Waals surface area contributed by atoms with Crippen LogP contribution in [0.2, 0.25) is 0 Å². The van der Waals surface area contributed by atoms with Crippen molar-refractivity contribution in [2.75, 3.05) is 0 Å². The number of rotatable bonds is 4. The summed E-state index contributed by atoms with van der Waals surface area (Å²) in [7, 11) is -3.73. The molecule has 0 radical (unpaired) electrons. The molecule has 1 unspecified atom stereocenters. The summed E-state index contributed by atoms with van der Waals surface area (Å²) in [5.74, 6) is 0. The summed E-state index contributed by atoms with van der Waals surface area (Å²) in [6.07, 6.45) is 2.34. The lowest BCUT2D eigenvalue weighted by molar-refractivity contribution is 0.488. The second-order valence-electron chi connectivity index (χ2n) is 8.40. The van der Waals surface area contributed by atoms with Gasteiger partial charge < -0.3 is 4.55 Å². The van der Waals surface area contributed by atoms with E-state index in [0.29, 0.717) is 11.9 Å². The van der Waals surface area contributed by atoms with Crippen LogP contribution in [0.1, 0.15) is 50.9 Å².